The third-order valence-electron chi connectivity index (χ3n) is 3.51. The molecule has 0 aromatic carbocycles. The van der Waals surface area contributed by atoms with Crippen molar-refractivity contribution in [1.29, 1.82) is 0 Å². The van der Waals surface area contributed by atoms with Crippen LogP contribution in [-0.2, 0) is 9.47 Å². The van der Waals surface area contributed by atoms with Gasteiger partial charge in [0.2, 0.25) is 0 Å². The summed E-state index contributed by atoms with van der Waals surface area (Å²) in [6.07, 6.45) is 0. The van der Waals surface area contributed by atoms with Crippen molar-refractivity contribution in [3.05, 3.63) is 5.21 Å². The smallest absolute Gasteiger partial charge is 0.158 e. The Morgan fingerprint density at radius 2 is 1.38 bits per heavy atom. The molecule has 0 amide bonds. The Bertz CT molecular complexity index is 201. The lowest BCUT2D eigenvalue weighted by molar-refractivity contribution is -1.11. The number of rotatable bonds is 3. The number of quaternary nitrogens is 2. The number of ether oxygens (including phenoxy) is 2. The molecule has 0 radical (unpaired) electrons. The molecular weight excluding hydrogens is 212 g/mol. The second-order valence-corrected chi connectivity index (χ2v) is 4.72. The highest BCUT2D eigenvalue weighted by molar-refractivity contribution is 4.51. The van der Waals surface area contributed by atoms with Crippen LogP contribution in [0.5, 0.6) is 0 Å². The molecule has 0 aliphatic carbocycles. The molecule has 0 saturated carbocycles. The van der Waals surface area contributed by atoms with Crippen LogP contribution in [0.1, 0.15) is 0 Å². The molecule has 1 N–H and O–H groups in total. The van der Waals surface area contributed by atoms with Crippen LogP contribution in [0.2, 0.25) is 0 Å². The molecule has 16 heavy (non-hydrogen) atoms. The second kappa shape index (κ2) is 4.95. The lowest BCUT2D eigenvalue weighted by atomic mass is 10.3. The number of morpholine rings is 2. The van der Waals surface area contributed by atoms with Gasteiger partial charge in [-0.2, -0.15) is 4.65 Å². The summed E-state index contributed by atoms with van der Waals surface area (Å²) in [6, 6.07) is 0. The molecule has 0 bridgehead atoms. The molecule has 6 nitrogen and oxygen atoms in total. The highest BCUT2D eigenvalue weighted by Crippen LogP contribution is 2.13. The quantitative estimate of drug-likeness (QED) is 0.530. The summed E-state index contributed by atoms with van der Waals surface area (Å²) >= 11 is 0. The number of hydroxylamine groups is 6. The van der Waals surface area contributed by atoms with E-state index in [1.54, 1.807) is 0 Å². The van der Waals surface area contributed by atoms with Gasteiger partial charge in [0.15, 0.2) is 6.54 Å². The summed E-state index contributed by atoms with van der Waals surface area (Å²) in [4.78, 5) is 0. The molecule has 2 saturated heterocycles. The average molecular weight is 233 g/mol. The number of hydrogen-bond donors (Lipinski definition) is 1. The number of nitrogens with zero attached hydrogens (tertiary/aromatic N) is 2. The third kappa shape index (κ3) is 3.13. The fraction of sp³-hybridized carbons (Fsp3) is 1.00. The van der Waals surface area contributed by atoms with Gasteiger partial charge in [-0.25, -0.2) is 5.21 Å². The lowest BCUT2D eigenvalue weighted by Gasteiger charge is -2.46. The van der Waals surface area contributed by atoms with Crippen molar-refractivity contribution in [3.8, 4) is 0 Å². The highest BCUT2D eigenvalue weighted by atomic mass is 16.6. The van der Waals surface area contributed by atoms with Crippen LogP contribution in [0.15, 0.2) is 0 Å². The maximum atomic E-state index is 12.2. The minimum atomic E-state index is -0.221. The highest BCUT2D eigenvalue weighted by Gasteiger charge is 2.32. The van der Waals surface area contributed by atoms with E-state index in [4.69, 9.17) is 9.47 Å². The normalized spacial score (nSPS) is 28.9. The Kier molecular flexibility index (Phi) is 3.78. The first-order valence-corrected chi connectivity index (χ1v) is 5.93. The first kappa shape index (κ1) is 12.2. The minimum Gasteiger partial charge on any atom is -0.633 e. The van der Waals surface area contributed by atoms with E-state index in [0.717, 1.165) is 0 Å². The van der Waals surface area contributed by atoms with Gasteiger partial charge in [-0.1, -0.05) is 0 Å². The van der Waals surface area contributed by atoms with Gasteiger partial charge in [0.1, 0.15) is 32.7 Å². The van der Waals surface area contributed by atoms with Gasteiger partial charge < -0.3 is 19.3 Å². The molecule has 0 unspecified atom stereocenters. The largest absolute Gasteiger partial charge is 0.633 e. The molecule has 94 valence electrons. The molecule has 2 fully saturated rings. The van der Waals surface area contributed by atoms with Gasteiger partial charge in [-0.05, 0) is 0 Å². The summed E-state index contributed by atoms with van der Waals surface area (Å²) < 4.78 is 10.2. The van der Waals surface area contributed by atoms with Crippen molar-refractivity contribution in [2.24, 2.45) is 0 Å². The van der Waals surface area contributed by atoms with Gasteiger partial charge in [0.25, 0.3) is 0 Å². The molecule has 0 aromatic rings. The van der Waals surface area contributed by atoms with Crippen LogP contribution < -0.4 is 0 Å². The zero-order valence-electron chi connectivity index (χ0n) is 9.64. The number of hydrogen-bond acceptors (Lipinski definition) is 4. The predicted octanol–water partition coefficient (Wildman–Crippen LogP) is -0.433. The SMILES string of the molecule is [O-][N+]1(CC[N+]2(O)CCOCC2)CCOCC1. The Morgan fingerprint density at radius 1 is 0.875 bits per heavy atom. The van der Waals surface area contributed by atoms with Crippen molar-refractivity contribution in [2.45, 2.75) is 0 Å². The van der Waals surface area contributed by atoms with Crippen LogP contribution in [0.4, 0.5) is 0 Å². The van der Waals surface area contributed by atoms with E-state index in [-0.39, 0.29) is 9.29 Å². The van der Waals surface area contributed by atoms with Crippen molar-refractivity contribution < 1.29 is 24.0 Å². The maximum absolute atomic E-state index is 12.2. The van der Waals surface area contributed by atoms with E-state index >= 15 is 0 Å². The minimum absolute atomic E-state index is 0.0108. The van der Waals surface area contributed by atoms with E-state index in [1.165, 1.54) is 0 Å². The molecule has 2 rings (SSSR count). The van der Waals surface area contributed by atoms with Gasteiger partial charge in [0.05, 0.1) is 26.4 Å². The Balaban J connectivity index is 1.80. The van der Waals surface area contributed by atoms with E-state index < -0.39 is 0 Å². The monoisotopic (exact) mass is 233 g/mol. The zero-order chi connectivity index (χ0) is 11.5. The van der Waals surface area contributed by atoms with Crippen molar-refractivity contribution in [1.82, 2.24) is 0 Å². The first-order valence-electron chi connectivity index (χ1n) is 5.93. The predicted molar refractivity (Wildman–Crippen MR) is 56.5 cm³/mol. The Morgan fingerprint density at radius 3 is 1.94 bits per heavy atom. The van der Waals surface area contributed by atoms with E-state index in [9.17, 15) is 10.4 Å². The molecule has 0 aromatic heterocycles. The fourth-order valence-corrected chi connectivity index (χ4v) is 2.17. The summed E-state index contributed by atoms with van der Waals surface area (Å²) in [6.45, 7) is 5.44. The molecule has 0 atom stereocenters. The Hall–Kier alpha value is -0.240. The second-order valence-electron chi connectivity index (χ2n) is 4.72. The van der Waals surface area contributed by atoms with Crippen LogP contribution in [-0.4, -0.2) is 80.2 Å². The van der Waals surface area contributed by atoms with Gasteiger partial charge in [-0.15, -0.1) is 0 Å². The standard InChI is InChI=1S/C10H21N2O4/c13-11(3-7-15-8-4-11)1-2-12(14)5-9-16-10-6-12/h13H,1-10H2/q+1. The first-order chi connectivity index (χ1) is 7.62. The Labute approximate surface area is 95.7 Å². The lowest BCUT2D eigenvalue weighted by Crippen LogP contribution is -2.60. The zero-order valence-corrected chi connectivity index (χ0v) is 9.64. The fourth-order valence-electron chi connectivity index (χ4n) is 2.17. The molecule has 0 spiro atoms. The van der Waals surface area contributed by atoms with Crippen molar-refractivity contribution in [2.75, 3.05) is 65.7 Å². The summed E-state index contributed by atoms with van der Waals surface area (Å²) in [5.41, 5.74) is 0. The van der Waals surface area contributed by atoms with Gasteiger partial charge in [-0.3, -0.25) is 0 Å². The summed E-state index contributed by atoms with van der Waals surface area (Å²) in [5.74, 6) is 0. The van der Waals surface area contributed by atoms with Crippen LogP contribution in [0.25, 0.3) is 0 Å². The van der Waals surface area contributed by atoms with E-state index in [1.807, 2.05) is 0 Å². The van der Waals surface area contributed by atoms with E-state index in [2.05, 4.69) is 0 Å². The van der Waals surface area contributed by atoms with E-state index in [0.29, 0.717) is 65.7 Å². The van der Waals surface area contributed by atoms with Gasteiger partial charge in [0, 0.05) is 0 Å². The molecule has 6 heteroatoms. The van der Waals surface area contributed by atoms with Crippen LogP contribution in [0.3, 0.4) is 0 Å². The topological polar surface area (TPSA) is 61.8 Å². The molecule has 2 aliphatic heterocycles. The van der Waals surface area contributed by atoms with Crippen molar-refractivity contribution in [3.63, 3.8) is 0 Å². The van der Waals surface area contributed by atoms with Crippen molar-refractivity contribution >= 4 is 0 Å². The van der Waals surface area contributed by atoms with Crippen LogP contribution >= 0.6 is 0 Å². The summed E-state index contributed by atoms with van der Waals surface area (Å²) in [5, 5.41) is 22.4. The van der Waals surface area contributed by atoms with Crippen LogP contribution in [0, 0.1) is 5.21 Å². The molecule has 2 aliphatic rings. The molecular formula is C10H21N2O4+. The maximum Gasteiger partial charge on any atom is 0.158 e. The average Bonchev–Trinajstić information content (AvgIpc) is 2.29. The molecule has 2 heterocycles. The third-order valence-corrected chi connectivity index (χ3v) is 3.51. The van der Waals surface area contributed by atoms with Gasteiger partial charge >= 0.3 is 0 Å². The summed E-state index contributed by atoms with van der Waals surface area (Å²) in [7, 11) is 0.